The van der Waals surface area contributed by atoms with E-state index in [2.05, 4.69) is 10.6 Å². The van der Waals surface area contributed by atoms with E-state index in [4.69, 9.17) is 23.2 Å². The molecule has 9 heteroatoms. The molecular weight excluding hydrogens is 411 g/mol. The molecule has 0 spiro atoms. The van der Waals surface area contributed by atoms with Crippen LogP contribution in [0.5, 0.6) is 0 Å². The van der Waals surface area contributed by atoms with Crippen LogP contribution in [0.3, 0.4) is 0 Å². The van der Waals surface area contributed by atoms with Crippen LogP contribution in [0.4, 0.5) is 5.69 Å². The molecule has 1 unspecified atom stereocenters. The molecule has 0 aliphatic carbocycles. The Morgan fingerprint density at radius 3 is 2.26 bits per heavy atom. The minimum Gasteiger partial charge on any atom is -0.340 e. The van der Waals surface area contributed by atoms with Gasteiger partial charge in [0, 0.05) is 16.8 Å². The summed E-state index contributed by atoms with van der Waals surface area (Å²) >= 11 is 11.8. The summed E-state index contributed by atoms with van der Waals surface area (Å²) in [5, 5.41) is 5.97. The molecule has 2 N–H and O–H groups in total. The van der Waals surface area contributed by atoms with Crippen LogP contribution in [-0.2, 0) is 14.6 Å². The van der Waals surface area contributed by atoms with E-state index in [1.54, 1.807) is 36.4 Å². The average Bonchev–Trinajstić information content (AvgIpc) is 2.60. The van der Waals surface area contributed by atoms with Gasteiger partial charge in [-0.2, -0.15) is 0 Å². The molecule has 0 saturated heterocycles. The van der Waals surface area contributed by atoms with Crippen molar-refractivity contribution in [3.05, 3.63) is 64.1 Å². The van der Waals surface area contributed by atoms with Gasteiger partial charge in [-0.15, -0.1) is 0 Å². The summed E-state index contributed by atoms with van der Waals surface area (Å²) in [5.74, 6) is -1.33. The van der Waals surface area contributed by atoms with Gasteiger partial charge in [-0.3, -0.25) is 9.59 Å². The molecule has 2 amide bonds. The van der Waals surface area contributed by atoms with Crippen molar-refractivity contribution in [3.63, 3.8) is 0 Å². The van der Waals surface area contributed by atoms with Crippen LogP contribution in [0.15, 0.2) is 48.5 Å². The minimum atomic E-state index is -3.31. The van der Waals surface area contributed by atoms with Crippen molar-refractivity contribution >= 4 is 50.5 Å². The second kappa shape index (κ2) is 9.21. The van der Waals surface area contributed by atoms with Crippen molar-refractivity contribution in [1.82, 2.24) is 5.32 Å². The molecule has 1 atom stereocenters. The van der Waals surface area contributed by atoms with Gasteiger partial charge in [0.2, 0.25) is 5.91 Å². The first kappa shape index (κ1) is 21.2. The Balaban J connectivity index is 2.16. The van der Waals surface area contributed by atoms with E-state index in [0.29, 0.717) is 21.3 Å². The van der Waals surface area contributed by atoms with E-state index in [0.717, 1.165) is 6.26 Å². The number of sulfone groups is 1. The predicted octanol–water partition coefficient (Wildman–Crippen LogP) is 3.17. The van der Waals surface area contributed by atoms with E-state index in [1.807, 2.05) is 0 Å². The zero-order chi connectivity index (χ0) is 20.0. The van der Waals surface area contributed by atoms with E-state index in [1.165, 1.54) is 12.1 Å². The van der Waals surface area contributed by atoms with Gasteiger partial charge in [-0.25, -0.2) is 8.42 Å². The highest BCUT2D eigenvalue weighted by Crippen LogP contribution is 2.21. The van der Waals surface area contributed by atoms with Gasteiger partial charge < -0.3 is 10.6 Å². The fourth-order valence-electron chi connectivity index (χ4n) is 2.23. The molecule has 0 saturated carbocycles. The summed E-state index contributed by atoms with van der Waals surface area (Å²) in [7, 11) is -3.31. The summed E-state index contributed by atoms with van der Waals surface area (Å²) in [6, 6.07) is 11.7. The lowest BCUT2D eigenvalue weighted by molar-refractivity contribution is -0.118. The molecule has 0 aromatic heterocycles. The largest absolute Gasteiger partial charge is 0.340 e. The van der Waals surface area contributed by atoms with E-state index < -0.39 is 27.7 Å². The molecule has 0 aliphatic rings. The second-order valence-electron chi connectivity index (χ2n) is 5.92. The Morgan fingerprint density at radius 1 is 1.04 bits per heavy atom. The van der Waals surface area contributed by atoms with Gasteiger partial charge in [-0.1, -0.05) is 35.3 Å². The number of amides is 2. The van der Waals surface area contributed by atoms with Gasteiger partial charge in [0.25, 0.3) is 5.91 Å². The standard InChI is InChI=1S/C18H18Cl2N2O4S/c1-27(25,26)11-10-16(18(24)21-15-5-3-2-4-14(15)20)22-17(23)12-6-8-13(19)9-7-12/h2-9,16H,10-11H2,1H3,(H,21,24)(H,22,23). The number of halogens is 2. The quantitative estimate of drug-likeness (QED) is 0.707. The highest BCUT2D eigenvalue weighted by molar-refractivity contribution is 7.90. The first-order valence-corrected chi connectivity index (χ1v) is 10.8. The minimum absolute atomic E-state index is 0.0750. The lowest BCUT2D eigenvalue weighted by Gasteiger charge is -2.19. The first-order chi connectivity index (χ1) is 12.7. The van der Waals surface area contributed by atoms with Crippen LogP contribution >= 0.6 is 23.2 Å². The molecule has 2 aromatic rings. The number of benzene rings is 2. The molecule has 2 aromatic carbocycles. The van der Waals surface area contributed by atoms with Crippen molar-refractivity contribution < 1.29 is 18.0 Å². The SMILES string of the molecule is CS(=O)(=O)CCC(NC(=O)c1ccc(Cl)cc1)C(=O)Nc1ccccc1Cl. The number of rotatable bonds is 7. The fraction of sp³-hybridized carbons (Fsp3) is 0.222. The van der Waals surface area contributed by atoms with Crippen LogP contribution < -0.4 is 10.6 Å². The third-order valence-corrected chi connectivity index (χ3v) is 5.20. The van der Waals surface area contributed by atoms with Gasteiger partial charge in [-0.05, 0) is 42.8 Å². The maximum absolute atomic E-state index is 12.6. The van der Waals surface area contributed by atoms with Crippen LogP contribution in [0.25, 0.3) is 0 Å². The van der Waals surface area contributed by atoms with Crippen LogP contribution in [0, 0.1) is 0 Å². The predicted molar refractivity (Wildman–Crippen MR) is 107 cm³/mol. The number of anilines is 1. The maximum atomic E-state index is 12.6. The summed E-state index contributed by atoms with van der Waals surface area (Å²) in [4.78, 5) is 25.0. The normalized spacial score (nSPS) is 12.3. The third-order valence-electron chi connectivity index (χ3n) is 3.64. The van der Waals surface area contributed by atoms with Crippen LogP contribution in [0.1, 0.15) is 16.8 Å². The van der Waals surface area contributed by atoms with E-state index in [9.17, 15) is 18.0 Å². The summed E-state index contributed by atoms with van der Waals surface area (Å²) < 4.78 is 23.0. The molecule has 27 heavy (non-hydrogen) atoms. The number of hydrogen-bond acceptors (Lipinski definition) is 4. The van der Waals surface area contributed by atoms with Gasteiger partial charge >= 0.3 is 0 Å². The molecular formula is C18H18Cl2N2O4S. The smallest absolute Gasteiger partial charge is 0.251 e. The van der Waals surface area contributed by atoms with Crippen LogP contribution in [0.2, 0.25) is 10.0 Å². The zero-order valence-corrected chi connectivity index (χ0v) is 16.7. The number of para-hydroxylation sites is 1. The van der Waals surface area contributed by atoms with Crippen molar-refractivity contribution in [2.45, 2.75) is 12.5 Å². The Hall–Kier alpha value is -2.09. The van der Waals surface area contributed by atoms with Crippen LogP contribution in [-0.4, -0.2) is 38.3 Å². The highest BCUT2D eigenvalue weighted by Gasteiger charge is 2.23. The third kappa shape index (κ3) is 6.86. The van der Waals surface area contributed by atoms with Crippen molar-refractivity contribution in [2.75, 3.05) is 17.3 Å². The summed E-state index contributed by atoms with van der Waals surface area (Å²) in [6.45, 7) is 0. The lowest BCUT2D eigenvalue weighted by Crippen LogP contribution is -2.44. The Bertz CT molecular complexity index is 931. The molecule has 0 radical (unpaired) electrons. The molecule has 0 heterocycles. The van der Waals surface area contributed by atoms with Crippen molar-refractivity contribution in [1.29, 1.82) is 0 Å². The molecule has 144 valence electrons. The summed E-state index contributed by atoms with van der Waals surface area (Å²) in [5.41, 5.74) is 0.670. The average molecular weight is 429 g/mol. The number of hydrogen-bond donors (Lipinski definition) is 2. The fourth-order valence-corrected chi connectivity index (χ4v) is 3.20. The monoisotopic (exact) mass is 428 g/mol. The first-order valence-electron chi connectivity index (χ1n) is 7.95. The lowest BCUT2D eigenvalue weighted by atomic mass is 10.1. The van der Waals surface area contributed by atoms with Gasteiger partial charge in [0.1, 0.15) is 15.9 Å². The highest BCUT2D eigenvalue weighted by atomic mass is 35.5. The molecule has 0 bridgehead atoms. The topological polar surface area (TPSA) is 92.3 Å². The molecule has 0 aliphatic heterocycles. The maximum Gasteiger partial charge on any atom is 0.251 e. The van der Waals surface area contributed by atoms with Gasteiger partial charge in [0.15, 0.2) is 0 Å². The Kier molecular flexibility index (Phi) is 7.24. The van der Waals surface area contributed by atoms with Gasteiger partial charge in [0.05, 0.1) is 16.5 Å². The molecule has 6 nitrogen and oxygen atoms in total. The zero-order valence-electron chi connectivity index (χ0n) is 14.4. The molecule has 2 rings (SSSR count). The Labute approximate surface area is 167 Å². The van der Waals surface area contributed by atoms with E-state index >= 15 is 0 Å². The second-order valence-corrected chi connectivity index (χ2v) is 9.02. The number of carbonyl (C=O) groups excluding carboxylic acids is 2. The molecule has 0 fully saturated rings. The van der Waals surface area contributed by atoms with Crippen molar-refractivity contribution in [2.24, 2.45) is 0 Å². The van der Waals surface area contributed by atoms with Crippen molar-refractivity contribution in [3.8, 4) is 0 Å². The summed E-state index contributed by atoms with van der Waals surface area (Å²) in [6.07, 6.45) is 0.992. The van der Waals surface area contributed by atoms with E-state index in [-0.39, 0.29) is 12.2 Å². The number of carbonyl (C=O) groups is 2. The Morgan fingerprint density at radius 2 is 1.67 bits per heavy atom. The number of nitrogens with one attached hydrogen (secondary N) is 2.